The SMILES string of the molecule is Cc1n[nH]c(C)c1S(=O)(=O)NC1CCOC1. The van der Waals surface area contributed by atoms with Crippen LogP contribution >= 0.6 is 0 Å². The highest BCUT2D eigenvalue weighted by molar-refractivity contribution is 7.89. The van der Waals surface area contributed by atoms with Gasteiger partial charge in [-0.25, -0.2) is 13.1 Å². The molecular formula is C9H15N3O3S. The number of nitrogens with one attached hydrogen (secondary N) is 2. The number of H-pyrrole nitrogens is 1. The molecule has 1 saturated heterocycles. The van der Waals surface area contributed by atoms with Gasteiger partial charge in [0, 0.05) is 12.6 Å². The van der Waals surface area contributed by atoms with Crippen molar-refractivity contribution >= 4 is 10.0 Å². The number of aromatic nitrogens is 2. The minimum Gasteiger partial charge on any atom is -0.380 e. The lowest BCUT2D eigenvalue weighted by molar-refractivity contribution is 0.192. The molecule has 1 aromatic rings. The van der Waals surface area contributed by atoms with Crippen LogP contribution in [0, 0.1) is 13.8 Å². The maximum Gasteiger partial charge on any atom is 0.244 e. The van der Waals surface area contributed by atoms with Gasteiger partial charge in [0.25, 0.3) is 0 Å². The van der Waals surface area contributed by atoms with E-state index in [-0.39, 0.29) is 10.9 Å². The molecule has 1 unspecified atom stereocenters. The van der Waals surface area contributed by atoms with Gasteiger partial charge in [-0.2, -0.15) is 5.10 Å². The molecule has 6 nitrogen and oxygen atoms in total. The number of hydrogen-bond acceptors (Lipinski definition) is 4. The number of sulfonamides is 1. The summed E-state index contributed by atoms with van der Waals surface area (Å²) in [6, 6.07) is -0.126. The van der Waals surface area contributed by atoms with Gasteiger partial charge in [-0.15, -0.1) is 0 Å². The van der Waals surface area contributed by atoms with Gasteiger partial charge in [0.1, 0.15) is 4.90 Å². The number of ether oxygens (including phenoxy) is 1. The number of rotatable bonds is 3. The predicted molar refractivity (Wildman–Crippen MR) is 57.6 cm³/mol. The van der Waals surface area contributed by atoms with E-state index in [4.69, 9.17) is 4.74 Å². The Balaban J connectivity index is 2.25. The van der Waals surface area contributed by atoms with Crippen LogP contribution < -0.4 is 4.72 Å². The highest BCUT2D eigenvalue weighted by atomic mass is 32.2. The van der Waals surface area contributed by atoms with Crippen LogP contribution in [0.4, 0.5) is 0 Å². The zero-order valence-electron chi connectivity index (χ0n) is 9.28. The molecule has 2 rings (SSSR count). The summed E-state index contributed by atoms with van der Waals surface area (Å²) in [6.45, 7) is 4.41. The zero-order valence-corrected chi connectivity index (χ0v) is 10.1. The van der Waals surface area contributed by atoms with Gasteiger partial charge in [0.2, 0.25) is 10.0 Å². The van der Waals surface area contributed by atoms with Crippen LogP contribution in [0.25, 0.3) is 0 Å². The summed E-state index contributed by atoms with van der Waals surface area (Å²) >= 11 is 0. The molecule has 90 valence electrons. The highest BCUT2D eigenvalue weighted by Gasteiger charge is 2.27. The molecule has 1 aliphatic rings. The minimum absolute atomic E-state index is 0.126. The lowest BCUT2D eigenvalue weighted by Crippen LogP contribution is -2.35. The number of nitrogens with zero attached hydrogens (tertiary/aromatic N) is 1. The molecule has 1 atom stereocenters. The van der Waals surface area contributed by atoms with Crippen LogP contribution in [0.3, 0.4) is 0 Å². The van der Waals surface area contributed by atoms with E-state index in [2.05, 4.69) is 14.9 Å². The van der Waals surface area contributed by atoms with E-state index in [0.29, 0.717) is 24.6 Å². The average molecular weight is 245 g/mol. The summed E-state index contributed by atoms with van der Waals surface area (Å²) in [6.07, 6.45) is 0.717. The summed E-state index contributed by atoms with van der Waals surface area (Å²) < 4.78 is 31.9. The molecule has 0 amide bonds. The van der Waals surface area contributed by atoms with Crippen molar-refractivity contribution in [1.29, 1.82) is 0 Å². The van der Waals surface area contributed by atoms with Crippen molar-refractivity contribution < 1.29 is 13.2 Å². The molecule has 0 aromatic carbocycles. The smallest absolute Gasteiger partial charge is 0.244 e. The first kappa shape index (κ1) is 11.6. The van der Waals surface area contributed by atoms with E-state index < -0.39 is 10.0 Å². The first-order valence-corrected chi connectivity index (χ1v) is 6.60. The van der Waals surface area contributed by atoms with Crippen molar-refractivity contribution in [3.63, 3.8) is 0 Å². The van der Waals surface area contributed by atoms with Gasteiger partial charge in [-0.3, -0.25) is 5.10 Å². The number of aromatic amines is 1. The Labute approximate surface area is 94.4 Å². The standard InChI is InChI=1S/C9H15N3O3S/c1-6-9(7(2)11-10-6)16(13,14)12-8-3-4-15-5-8/h8,12H,3-5H2,1-2H3,(H,10,11). The van der Waals surface area contributed by atoms with E-state index in [1.807, 2.05) is 0 Å². The lowest BCUT2D eigenvalue weighted by atomic mass is 10.3. The topological polar surface area (TPSA) is 84.1 Å². The summed E-state index contributed by atoms with van der Waals surface area (Å²) in [7, 11) is -3.49. The second-order valence-electron chi connectivity index (χ2n) is 3.94. The number of aryl methyl sites for hydroxylation is 2. The van der Waals surface area contributed by atoms with Crippen molar-refractivity contribution in [2.45, 2.75) is 31.2 Å². The first-order valence-electron chi connectivity index (χ1n) is 5.12. The van der Waals surface area contributed by atoms with Crippen molar-refractivity contribution in [2.75, 3.05) is 13.2 Å². The van der Waals surface area contributed by atoms with Crippen LogP contribution in [-0.2, 0) is 14.8 Å². The summed E-state index contributed by atoms with van der Waals surface area (Å²) in [4.78, 5) is 0.249. The minimum atomic E-state index is -3.49. The fourth-order valence-corrected chi connectivity index (χ4v) is 3.47. The largest absolute Gasteiger partial charge is 0.380 e. The van der Waals surface area contributed by atoms with E-state index in [9.17, 15) is 8.42 Å². The Morgan fingerprint density at radius 3 is 2.75 bits per heavy atom. The van der Waals surface area contributed by atoms with Crippen LogP contribution in [0.15, 0.2) is 4.90 Å². The molecule has 0 bridgehead atoms. The third kappa shape index (κ3) is 2.11. The molecule has 2 heterocycles. The van der Waals surface area contributed by atoms with Crippen molar-refractivity contribution in [1.82, 2.24) is 14.9 Å². The predicted octanol–water partition coefficient (Wildman–Crippen LogP) is 0.0937. The summed E-state index contributed by atoms with van der Waals surface area (Å²) in [5, 5.41) is 6.55. The third-order valence-electron chi connectivity index (χ3n) is 2.58. The van der Waals surface area contributed by atoms with Gasteiger partial charge in [-0.05, 0) is 20.3 Å². The molecule has 16 heavy (non-hydrogen) atoms. The molecule has 1 aliphatic heterocycles. The Morgan fingerprint density at radius 2 is 2.25 bits per heavy atom. The maximum atomic E-state index is 12.1. The molecule has 1 aromatic heterocycles. The van der Waals surface area contributed by atoms with Gasteiger partial charge in [-0.1, -0.05) is 0 Å². The van der Waals surface area contributed by atoms with E-state index in [1.165, 1.54) is 0 Å². The Hall–Kier alpha value is -0.920. The normalized spacial score (nSPS) is 21.5. The molecule has 1 fully saturated rings. The van der Waals surface area contributed by atoms with Crippen molar-refractivity contribution in [2.24, 2.45) is 0 Å². The lowest BCUT2D eigenvalue weighted by Gasteiger charge is -2.11. The highest BCUT2D eigenvalue weighted by Crippen LogP contribution is 2.18. The van der Waals surface area contributed by atoms with Crippen LogP contribution in [0.2, 0.25) is 0 Å². The summed E-state index contributed by atoms with van der Waals surface area (Å²) in [5.41, 5.74) is 1.05. The van der Waals surface area contributed by atoms with Gasteiger partial charge >= 0.3 is 0 Å². The molecular weight excluding hydrogens is 230 g/mol. The molecule has 7 heteroatoms. The Morgan fingerprint density at radius 1 is 1.50 bits per heavy atom. The van der Waals surface area contributed by atoms with Gasteiger partial charge < -0.3 is 4.74 Å². The van der Waals surface area contributed by atoms with Crippen molar-refractivity contribution in [3.8, 4) is 0 Å². The van der Waals surface area contributed by atoms with Gasteiger partial charge in [0.15, 0.2) is 0 Å². The summed E-state index contributed by atoms with van der Waals surface area (Å²) in [5.74, 6) is 0. The zero-order chi connectivity index (χ0) is 11.8. The Kier molecular flexibility index (Phi) is 3.00. The average Bonchev–Trinajstić information content (AvgIpc) is 2.76. The van der Waals surface area contributed by atoms with E-state index >= 15 is 0 Å². The van der Waals surface area contributed by atoms with Gasteiger partial charge in [0.05, 0.1) is 18.0 Å². The molecule has 0 saturated carbocycles. The quantitative estimate of drug-likeness (QED) is 0.790. The first-order chi connectivity index (χ1) is 7.50. The number of hydrogen-bond donors (Lipinski definition) is 2. The van der Waals surface area contributed by atoms with Crippen LogP contribution in [0.5, 0.6) is 0 Å². The molecule has 0 aliphatic carbocycles. The third-order valence-corrected chi connectivity index (χ3v) is 4.36. The van der Waals surface area contributed by atoms with Crippen molar-refractivity contribution in [3.05, 3.63) is 11.4 Å². The monoisotopic (exact) mass is 245 g/mol. The maximum absolute atomic E-state index is 12.1. The second kappa shape index (κ2) is 4.15. The molecule has 0 spiro atoms. The fraction of sp³-hybridized carbons (Fsp3) is 0.667. The second-order valence-corrected chi connectivity index (χ2v) is 5.60. The molecule has 0 radical (unpaired) electrons. The molecule has 2 N–H and O–H groups in total. The van der Waals surface area contributed by atoms with E-state index in [0.717, 1.165) is 6.42 Å². The van der Waals surface area contributed by atoms with Crippen LogP contribution in [0.1, 0.15) is 17.8 Å². The van der Waals surface area contributed by atoms with E-state index in [1.54, 1.807) is 13.8 Å². The Bertz CT molecular complexity index is 455. The van der Waals surface area contributed by atoms with Crippen LogP contribution in [-0.4, -0.2) is 37.9 Å². The fourth-order valence-electron chi connectivity index (χ4n) is 1.84.